The number of nitrogens with one attached hydrogen (secondary N) is 1. The fourth-order valence-electron chi connectivity index (χ4n) is 4.28. The summed E-state index contributed by atoms with van der Waals surface area (Å²) in [4.78, 5) is 52.3. The highest BCUT2D eigenvalue weighted by molar-refractivity contribution is 7.99. The fraction of sp³-hybridized carbons (Fsp3) is 0.435. The predicted octanol–water partition coefficient (Wildman–Crippen LogP) is 2.03. The lowest BCUT2D eigenvalue weighted by atomic mass is 10.3. The van der Waals surface area contributed by atoms with E-state index in [2.05, 4.69) is 15.0 Å². The van der Waals surface area contributed by atoms with Crippen LogP contribution in [0.4, 0.5) is 10.7 Å². The number of benzene rings is 1. The van der Waals surface area contributed by atoms with Crippen molar-refractivity contribution in [2.24, 2.45) is 7.05 Å². The van der Waals surface area contributed by atoms with Gasteiger partial charge in [0.05, 0.1) is 6.61 Å². The molecule has 0 spiro atoms. The molecule has 0 bridgehead atoms. The van der Waals surface area contributed by atoms with Gasteiger partial charge in [-0.05, 0) is 25.5 Å². The van der Waals surface area contributed by atoms with Crippen LogP contribution in [0.5, 0.6) is 0 Å². The lowest BCUT2D eigenvalue weighted by Gasteiger charge is -2.34. The number of para-hydroxylation sites is 2. The highest BCUT2D eigenvalue weighted by Crippen LogP contribution is 2.25. The van der Waals surface area contributed by atoms with Crippen molar-refractivity contribution in [3.8, 4) is 0 Å². The molecule has 1 saturated heterocycles. The summed E-state index contributed by atoms with van der Waals surface area (Å²) in [5, 5.41) is 0.599. The van der Waals surface area contributed by atoms with Crippen molar-refractivity contribution < 1.29 is 13.9 Å². The molecule has 1 fully saturated rings. The zero-order valence-electron chi connectivity index (χ0n) is 20.1. The molecule has 1 N–H and O–H groups in total. The number of anilines is 1. The first-order valence-corrected chi connectivity index (χ1v) is 12.8. The molecule has 0 saturated carbocycles. The van der Waals surface area contributed by atoms with Crippen LogP contribution >= 0.6 is 11.8 Å². The molecule has 0 radical (unpaired) electrons. The molecule has 36 heavy (non-hydrogen) atoms. The van der Waals surface area contributed by atoms with E-state index in [1.807, 2.05) is 33.7 Å². The minimum atomic E-state index is -0.512. The zero-order valence-corrected chi connectivity index (χ0v) is 20.9. The molecule has 0 atom stereocenters. The van der Waals surface area contributed by atoms with E-state index in [-0.39, 0.29) is 6.09 Å². The third-order valence-electron chi connectivity index (χ3n) is 6.10. The molecule has 4 heterocycles. The Hall–Kier alpha value is -3.74. The summed E-state index contributed by atoms with van der Waals surface area (Å²) in [5.74, 6) is 1.32. The second-order valence-electron chi connectivity index (χ2n) is 8.38. The zero-order chi connectivity index (χ0) is 25.2. The monoisotopic (exact) mass is 513 g/mol. The number of aromatic amines is 1. The van der Waals surface area contributed by atoms with Gasteiger partial charge in [0.2, 0.25) is 5.95 Å². The lowest BCUT2D eigenvalue weighted by Crippen LogP contribution is -2.49. The number of fused-ring (bicyclic) bond motifs is 2. The average molecular weight is 514 g/mol. The first-order chi connectivity index (χ1) is 17.5. The summed E-state index contributed by atoms with van der Waals surface area (Å²) >= 11 is 1.51. The average Bonchev–Trinajstić information content (AvgIpc) is 3.47. The molecule has 5 rings (SSSR count). The van der Waals surface area contributed by atoms with E-state index in [9.17, 15) is 14.4 Å². The number of amides is 1. The van der Waals surface area contributed by atoms with Gasteiger partial charge in [0.25, 0.3) is 10.8 Å². The Balaban J connectivity index is 1.36. The third kappa shape index (κ3) is 4.57. The number of rotatable bonds is 7. The van der Waals surface area contributed by atoms with Crippen LogP contribution in [0, 0.1) is 0 Å². The van der Waals surface area contributed by atoms with Crippen LogP contribution in [0.2, 0.25) is 0 Å². The topological polar surface area (TPSA) is 131 Å². The van der Waals surface area contributed by atoms with Gasteiger partial charge in [-0.25, -0.2) is 14.6 Å². The van der Waals surface area contributed by atoms with Crippen LogP contribution in [-0.2, 0) is 18.3 Å². The van der Waals surface area contributed by atoms with Crippen LogP contribution in [0.25, 0.3) is 22.3 Å². The highest BCUT2D eigenvalue weighted by atomic mass is 32.2. The Labute approximate surface area is 209 Å². The molecule has 1 aliphatic heterocycles. The van der Waals surface area contributed by atoms with E-state index >= 15 is 0 Å². The molecule has 1 aromatic carbocycles. The number of carbonyl (C=O) groups excluding carboxylic acids is 1. The van der Waals surface area contributed by atoms with Gasteiger partial charge in [0.1, 0.15) is 5.52 Å². The molecule has 0 unspecified atom stereocenters. The van der Waals surface area contributed by atoms with Gasteiger partial charge in [-0.3, -0.25) is 14.3 Å². The van der Waals surface area contributed by atoms with Gasteiger partial charge in [0.15, 0.2) is 16.7 Å². The summed E-state index contributed by atoms with van der Waals surface area (Å²) in [5.41, 5.74) is 1.27. The van der Waals surface area contributed by atoms with Crippen LogP contribution < -0.4 is 16.1 Å². The van der Waals surface area contributed by atoms with E-state index in [0.29, 0.717) is 73.8 Å². The predicted molar refractivity (Wildman–Crippen MR) is 136 cm³/mol. The normalized spacial score (nSPS) is 14.2. The number of hydrogen-bond acceptors (Lipinski definition) is 9. The maximum Gasteiger partial charge on any atom is 0.409 e. The molecular weight excluding hydrogens is 486 g/mol. The summed E-state index contributed by atoms with van der Waals surface area (Å²) in [6.45, 7) is 4.64. The first-order valence-electron chi connectivity index (χ1n) is 11.8. The molecule has 1 aliphatic rings. The van der Waals surface area contributed by atoms with E-state index in [1.165, 1.54) is 16.3 Å². The van der Waals surface area contributed by atoms with E-state index in [1.54, 1.807) is 18.9 Å². The quantitative estimate of drug-likeness (QED) is 0.291. The van der Waals surface area contributed by atoms with Gasteiger partial charge < -0.3 is 23.5 Å². The molecule has 4 aromatic rings. The molecule has 12 nitrogen and oxygen atoms in total. The van der Waals surface area contributed by atoms with Crippen LogP contribution in [-0.4, -0.2) is 73.6 Å². The summed E-state index contributed by atoms with van der Waals surface area (Å²) in [7, 11) is 1.59. The summed E-state index contributed by atoms with van der Waals surface area (Å²) in [6, 6.07) is 7.62. The molecule has 13 heteroatoms. The molecule has 3 aromatic heterocycles. The van der Waals surface area contributed by atoms with Crippen molar-refractivity contribution in [2.75, 3.05) is 43.4 Å². The smallest absolute Gasteiger partial charge is 0.409 e. The number of piperazine rings is 1. The first kappa shape index (κ1) is 24.0. The van der Waals surface area contributed by atoms with Crippen molar-refractivity contribution in [3.63, 3.8) is 0 Å². The van der Waals surface area contributed by atoms with E-state index in [4.69, 9.17) is 9.15 Å². The van der Waals surface area contributed by atoms with Gasteiger partial charge >= 0.3 is 11.8 Å². The number of oxazole rings is 1. The Kier molecular flexibility index (Phi) is 6.72. The van der Waals surface area contributed by atoms with E-state index in [0.717, 1.165) is 11.1 Å². The molecule has 1 amide bonds. The minimum Gasteiger partial charge on any atom is -0.450 e. The maximum absolute atomic E-state index is 12.8. The lowest BCUT2D eigenvalue weighted by molar-refractivity contribution is 0.105. The van der Waals surface area contributed by atoms with Gasteiger partial charge in [-0.15, -0.1) is 0 Å². The number of aryl methyl sites for hydroxylation is 2. The SMILES string of the molecule is CCOC(=O)N1CCN(c2nc3c(c(=O)[nH]c(=O)n3C)n2CCCSc2nc3ccccc3o2)CC1. The van der Waals surface area contributed by atoms with Crippen molar-refractivity contribution in [2.45, 2.75) is 25.1 Å². The number of H-pyrrole nitrogens is 1. The number of nitrogens with zero attached hydrogens (tertiary/aromatic N) is 6. The summed E-state index contributed by atoms with van der Waals surface area (Å²) < 4.78 is 14.1. The van der Waals surface area contributed by atoms with Crippen molar-refractivity contribution in [3.05, 3.63) is 45.1 Å². The summed E-state index contributed by atoms with van der Waals surface area (Å²) in [6.07, 6.45) is 0.383. The van der Waals surface area contributed by atoms with E-state index < -0.39 is 11.2 Å². The van der Waals surface area contributed by atoms with Crippen LogP contribution in [0.15, 0.2) is 43.5 Å². The van der Waals surface area contributed by atoms with Crippen molar-refractivity contribution in [1.29, 1.82) is 0 Å². The van der Waals surface area contributed by atoms with Crippen molar-refractivity contribution >= 4 is 46.1 Å². The molecule has 190 valence electrons. The minimum absolute atomic E-state index is 0.327. The highest BCUT2D eigenvalue weighted by Gasteiger charge is 2.27. The number of hydrogen-bond donors (Lipinski definition) is 1. The van der Waals surface area contributed by atoms with Crippen molar-refractivity contribution in [1.82, 2.24) is 29.0 Å². The second kappa shape index (κ2) is 10.1. The van der Waals surface area contributed by atoms with Gasteiger partial charge in [-0.1, -0.05) is 23.9 Å². The standard InChI is InChI=1S/C23H27N7O5S/c1-3-34-23(33)29-12-10-28(11-13-29)20-25-18-17(19(31)26-21(32)27(18)2)30(20)9-6-14-36-22-24-15-7-4-5-8-16(15)35-22/h4-5,7-8H,3,6,9-14H2,1-2H3,(H,26,31,32). The number of ether oxygens (including phenoxy) is 1. The molecular formula is C23H27N7O5S. The maximum atomic E-state index is 12.8. The van der Waals surface area contributed by atoms with Gasteiger partial charge in [-0.2, -0.15) is 4.98 Å². The van der Waals surface area contributed by atoms with Crippen LogP contribution in [0.3, 0.4) is 0 Å². The number of carbonyl (C=O) groups is 1. The number of aromatic nitrogens is 5. The number of thioether (sulfide) groups is 1. The Morgan fingerprint density at radius 1 is 1.17 bits per heavy atom. The Bertz CT molecular complexity index is 1480. The largest absolute Gasteiger partial charge is 0.450 e. The third-order valence-corrected chi connectivity index (χ3v) is 7.02. The Morgan fingerprint density at radius 3 is 2.69 bits per heavy atom. The second-order valence-corrected chi connectivity index (χ2v) is 9.42. The van der Waals surface area contributed by atoms with Gasteiger partial charge in [0, 0.05) is 45.5 Å². The molecule has 0 aliphatic carbocycles. The number of imidazole rings is 1. The Morgan fingerprint density at radius 2 is 1.94 bits per heavy atom. The fourth-order valence-corrected chi connectivity index (χ4v) is 5.03. The van der Waals surface area contributed by atoms with Crippen LogP contribution in [0.1, 0.15) is 13.3 Å².